The molecule has 0 unspecified atom stereocenters. The molecule has 3 aliphatic rings. The Hall–Kier alpha value is -3.94. The lowest BCUT2D eigenvalue weighted by Crippen LogP contribution is -2.61. The third kappa shape index (κ3) is 3.88. The van der Waals surface area contributed by atoms with Crippen molar-refractivity contribution in [2.75, 3.05) is 36.0 Å². The second-order valence-corrected chi connectivity index (χ2v) is 9.55. The molecule has 2 atom stereocenters. The van der Waals surface area contributed by atoms with Gasteiger partial charge < -0.3 is 14.7 Å². The van der Waals surface area contributed by atoms with Crippen LogP contribution in [0.5, 0.6) is 0 Å². The number of hydrogen-bond donors (Lipinski definition) is 0. The SMILES string of the molecule is O=C([C@@H]1Cc2cc([N+](=O)[O-])ccc2N2CCN(c3ccccn3)C[C@H]12)N1CCc2ccccc2C1. The van der Waals surface area contributed by atoms with Crippen molar-refractivity contribution in [2.24, 2.45) is 5.92 Å². The van der Waals surface area contributed by atoms with Crippen LogP contribution < -0.4 is 9.80 Å². The molecular formula is C27H27N5O3. The summed E-state index contributed by atoms with van der Waals surface area (Å²) in [4.78, 5) is 36.2. The minimum absolute atomic E-state index is 0.0237. The van der Waals surface area contributed by atoms with E-state index in [2.05, 4.69) is 26.9 Å². The van der Waals surface area contributed by atoms with E-state index in [1.807, 2.05) is 41.3 Å². The predicted molar refractivity (Wildman–Crippen MR) is 133 cm³/mol. The Morgan fingerprint density at radius 3 is 2.60 bits per heavy atom. The zero-order chi connectivity index (χ0) is 23.9. The van der Waals surface area contributed by atoms with E-state index in [1.165, 1.54) is 11.1 Å². The fraction of sp³-hybridized carbons (Fsp3) is 0.333. The van der Waals surface area contributed by atoms with Crippen molar-refractivity contribution < 1.29 is 9.72 Å². The van der Waals surface area contributed by atoms with Gasteiger partial charge in [0, 0.05) is 56.7 Å². The van der Waals surface area contributed by atoms with Crippen molar-refractivity contribution in [3.05, 3.63) is 93.7 Å². The van der Waals surface area contributed by atoms with E-state index in [1.54, 1.807) is 18.3 Å². The molecule has 8 nitrogen and oxygen atoms in total. The molecule has 1 fully saturated rings. The van der Waals surface area contributed by atoms with E-state index in [-0.39, 0.29) is 28.5 Å². The van der Waals surface area contributed by atoms with Gasteiger partial charge in [0.25, 0.3) is 5.69 Å². The molecule has 4 heterocycles. The molecule has 0 saturated carbocycles. The van der Waals surface area contributed by atoms with Gasteiger partial charge in [0.2, 0.25) is 5.91 Å². The normalized spacial score (nSPS) is 21.1. The summed E-state index contributed by atoms with van der Waals surface area (Å²) in [5.74, 6) is 0.774. The molecule has 1 saturated heterocycles. The van der Waals surface area contributed by atoms with Gasteiger partial charge in [0.05, 0.1) is 16.9 Å². The first-order chi connectivity index (χ1) is 17.1. The molecule has 0 bridgehead atoms. The minimum atomic E-state index is -0.357. The van der Waals surface area contributed by atoms with Crippen LogP contribution in [0.15, 0.2) is 66.9 Å². The standard InChI is InChI=1S/C27H27N5O3/c33-27(30-12-10-19-5-1-2-6-20(19)17-30)23-16-21-15-22(32(34)35)8-9-24(21)31-14-13-29(18-25(23)31)26-7-3-4-11-28-26/h1-9,11,15,23,25H,10,12-14,16-18H2/t23-,25-/m1/s1. The number of aromatic nitrogens is 1. The summed E-state index contributed by atoms with van der Waals surface area (Å²) in [7, 11) is 0. The molecule has 1 amide bonds. The maximum atomic E-state index is 14.0. The Bertz CT molecular complexity index is 1280. The van der Waals surface area contributed by atoms with E-state index in [9.17, 15) is 14.9 Å². The van der Waals surface area contributed by atoms with E-state index in [0.717, 1.165) is 36.6 Å². The van der Waals surface area contributed by atoms with Crippen LogP contribution in [0.4, 0.5) is 17.2 Å². The maximum absolute atomic E-state index is 14.0. The number of anilines is 2. The van der Waals surface area contributed by atoms with Crippen molar-refractivity contribution in [1.82, 2.24) is 9.88 Å². The van der Waals surface area contributed by atoms with Crippen LogP contribution in [0.2, 0.25) is 0 Å². The first-order valence-corrected chi connectivity index (χ1v) is 12.1. The molecule has 1 aromatic heterocycles. The van der Waals surface area contributed by atoms with Crippen LogP contribution in [0.25, 0.3) is 0 Å². The average molecular weight is 470 g/mol. The third-order valence-electron chi connectivity index (χ3n) is 7.64. The lowest BCUT2D eigenvalue weighted by molar-refractivity contribution is -0.384. The van der Waals surface area contributed by atoms with Gasteiger partial charge in [0.15, 0.2) is 0 Å². The molecule has 0 spiro atoms. The minimum Gasteiger partial charge on any atom is -0.364 e. The number of nitro benzene ring substituents is 1. The highest BCUT2D eigenvalue weighted by Gasteiger charge is 2.44. The number of nitrogens with zero attached hydrogens (tertiary/aromatic N) is 5. The summed E-state index contributed by atoms with van der Waals surface area (Å²) in [6, 6.07) is 19.3. The molecule has 0 aliphatic carbocycles. The zero-order valence-corrected chi connectivity index (χ0v) is 19.4. The summed E-state index contributed by atoms with van der Waals surface area (Å²) in [5, 5.41) is 11.5. The molecule has 0 N–H and O–H groups in total. The van der Waals surface area contributed by atoms with Crippen molar-refractivity contribution in [3.63, 3.8) is 0 Å². The summed E-state index contributed by atoms with van der Waals surface area (Å²) in [6.07, 6.45) is 3.15. The Morgan fingerprint density at radius 1 is 0.971 bits per heavy atom. The van der Waals surface area contributed by atoms with Gasteiger partial charge in [-0.3, -0.25) is 14.9 Å². The number of carbonyl (C=O) groups excluding carboxylic acids is 1. The van der Waals surface area contributed by atoms with E-state index in [0.29, 0.717) is 26.1 Å². The summed E-state index contributed by atoms with van der Waals surface area (Å²) in [6.45, 7) is 3.52. The second kappa shape index (κ2) is 8.69. The highest BCUT2D eigenvalue weighted by molar-refractivity contribution is 5.83. The second-order valence-electron chi connectivity index (χ2n) is 9.55. The van der Waals surface area contributed by atoms with Crippen molar-refractivity contribution in [2.45, 2.75) is 25.4 Å². The van der Waals surface area contributed by atoms with Gasteiger partial charge in [-0.2, -0.15) is 0 Å². The van der Waals surface area contributed by atoms with Gasteiger partial charge >= 0.3 is 0 Å². The number of nitro groups is 1. The Labute approximate surface area is 203 Å². The van der Waals surface area contributed by atoms with Crippen LogP contribution in [0.3, 0.4) is 0 Å². The predicted octanol–water partition coefficient (Wildman–Crippen LogP) is 3.44. The molecular weight excluding hydrogens is 442 g/mol. The maximum Gasteiger partial charge on any atom is 0.269 e. The van der Waals surface area contributed by atoms with Gasteiger partial charge in [-0.05, 0) is 47.7 Å². The molecule has 8 heteroatoms. The number of hydrogen-bond acceptors (Lipinski definition) is 6. The first-order valence-electron chi connectivity index (χ1n) is 12.1. The van der Waals surface area contributed by atoms with Crippen LogP contribution in [-0.2, 0) is 24.2 Å². The molecule has 3 aromatic rings. The Balaban J connectivity index is 1.34. The van der Waals surface area contributed by atoms with Crippen LogP contribution in [-0.4, -0.2) is 52.9 Å². The van der Waals surface area contributed by atoms with Crippen LogP contribution in [0.1, 0.15) is 16.7 Å². The number of non-ortho nitro benzene ring substituents is 1. The molecule has 3 aliphatic heterocycles. The largest absolute Gasteiger partial charge is 0.364 e. The number of fused-ring (bicyclic) bond motifs is 4. The fourth-order valence-electron chi connectivity index (χ4n) is 5.87. The van der Waals surface area contributed by atoms with Crippen molar-refractivity contribution >= 4 is 23.1 Å². The number of pyridine rings is 1. The van der Waals surface area contributed by atoms with E-state index >= 15 is 0 Å². The quantitative estimate of drug-likeness (QED) is 0.432. The molecule has 2 aromatic carbocycles. The van der Waals surface area contributed by atoms with Crippen LogP contribution in [0, 0.1) is 16.0 Å². The molecule has 6 rings (SSSR count). The van der Waals surface area contributed by atoms with Crippen molar-refractivity contribution in [3.8, 4) is 0 Å². The van der Waals surface area contributed by atoms with Gasteiger partial charge in [-0.15, -0.1) is 0 Å². The molecule has 178 valence electrons. The lowest BCUT2D eigenvalue weighted by Gasteiger charge is -2.50. The summed E-state index contributed by atoms with van der Waals surface area (Å²) in [5.41, 5.74) is 4.48. The van der Waals surface area contributed by atoms with Crippen molar-refractivity contribution in [1.29, 1.82) is 0 Å². The highest BCUT2D eigenvalue weighted by atomic mass is 16.6. The number of amides is 1. The van der Waals surface area contributed by atoms with Gasteiger partial charge in [-0.1, -0.05) is 30.3 Å². The number of carbonyl (C=O) groups is 1. The van der Waals surface area contributed by atoms with Gasteiger partial charge in [-0.25, -0.2) is 4.98 Å². The Morgan fingerprint density at radius 2 is 1.80 bits per heavy atom. The van der Waals surface area contributed by atoms with Gasteiger partial charge in [0.1, 0.15) is 5.82 Å². The zero-order valence-electron chi connectivity index (χ0n) is 19.4. The monoisotopic (exact) mass is 469 g/mol. The number of rotatable bonds is 3. The van der Waals surface area contributed by atoms with E-state index < -0.39 is 0 Å². The number of piperazine rings is 1. The van der Waals surface area contributed by atoms with Crippen LogP contribution >= 0.6 is 0 Å². The number of benzene rings is 2. The van der Waals surface area contributed by atoms with E-state index in [4.69, 9.17) is 0 Å². The molecule has 35 heavy (non-hydrogen) atoms. The first kappa shape index (κ1) is 21.6. The Kier molecular flexibility index (Phi) is 5.36. The molecule has 0 radical (unpaired) electrons. The highest BCUT2D eigenvalue weighted by Crippen LogP contribution is 2.39. The average Bonchev–Trinajstić information content (AvgIpc) is 2.91. The lowest BCUT2D eigenvalue weighted by atomic mass is 9.82. The smallest absolute Gasteiger partial charge is 0.269 e. The summed E-state index contributed by atoms with van der Waals surface area (Å²) >= 11 is 0. The third-order valence-corrected chi connectivity index (χ3v) is 7.64. The fourth-order valence-corrected chi connectivity index (χ4v) is 5.87. The summed E-state index contributed by atoms with van der Waals surface area (Å²) < 4.78 is 0. The topological polar surface area (TPSA) is 82.8 Å².